The van der Waals surface area contributed by atoms with E-state index in [1.807, 2.05) is 0 Å². The maximum absolute atomic E-state index is 14.3. The van der Waals surface area contributed by atoms with Gasteiger partial charge in [0.15, 0.2) is 0 Å². The molecule has 1 aliphatic heterocycles. The van der Waals surface area contributed by atoms with Gasteiger partial charge in [0.1, 0.15) is 28.3 Å². The smallest absolute Gasteiger partial charge is 0.355 e. The van der Waals surface area contributed by atoms with Crippen LogP contribution in [0.15, 0.2) is 27.8 Å². The summed E-state index contributed by atoms with van der Waals surface area (Å²) in [6.45, 7) is 4.58. The normalized spacial score (nSPS) is 14.5. The number of nitrogens with one attached hydrogen (secondary N) is 1. The van der Waals surface area contributed by atoms with E-state index in [0.29, 0.717) is 58.0 Å². The molecule has 1 N–H and O–H groups in total. The number of fused-ring (bicyclic) bond motifs is 1. The molecule has 0 aliphatic carbocycles. The molecular weight excluding hydrogens is 473 g/mol. The third-order valence-electron chi connectivity index (χ3n) is 5.76. The summed E-state index contributed by atoms with van der Waals surface area (Å²) in [5.41, 5.74) is 2.61. The van der Waals surface area contributed by atoms with E-state index < -0.39 is 17.1 Å². The minimum absolute atomic E-state index is 0.198. The van der Waals surface area contributed by atoms with Gasteiger partial charge in [0.25, 0.3) is 5.56 Å². The summed E-state index contributed by atoms with van der Waals surface area (Å²) in [6, 6.07) is 4.09. The average molecular weight is 500 g/mol. The minimum Gasteiger partial charge on any atom is -0.496 e. The van der Waals surface area contributed by atoms with E-state index >= 15 is 0 Å². The van der Waals surface area contributed by atoms with Crippen molar-refractivity contribution < 1.29 is 18.6 Å². The lowest BCUT2D eigenvalue weighted by atomic mass is 10.1. The summed E-state index contributed by atoms with van der Waals surface area (Å²) in [6.07, 6.45) is 2.58. The number of rotatable bonds is 6. The van der Waals surface area contributed by atoms with Crippen molar-refractivity contribution in [3.8, 4) is 17.6 Å². The second kappa shape index (κ2) is 10.4. The Bertz CT molecular complexity index is 1470. The van der Waals surface area contributed by atoms with E-state index in [1.54, 1.807) is 13.8 Å². The first-order valence-electron chi connectivity index (χ1n) is 11.1. The van der Waals surface area contributed by atoms with Crippen molar-refractivity contribution in [2.45, 2.75) is 32.8 Å². The van der Waals surface area contributed by atoms with Crippen LogP contribution in [-0.4, -0.2) is 42.7 Å². The fraction of sp³-hybridized carbons (Fsp3) is 0.360. The molecule has 4 rings (SSSR count). The third kappa shape index (κ3) is 4.70. The lowest BCUT2D eigenvalue weighted by Gasteiger charge is -2.25. The van der Waals surface area contributed by atoms with Gasteiger partial charge in [-0.25, -0.2) is 9.18 Å². The maximum Gasteiger partial charge on any atom is 0.355 e. The Kier molecular flexibility index (Phi) is 7.28. The highest BCUT2D eigenvalue weighted by Crippen LogP contribution is 2.33. The van der Waals surface area contributed by atoms with Crippen LogP contribution in [0.3, 0.4) is 0 Å². The molecule has 2 aromatic heterocycles. The fourth-order valence-corrected chi connectivity index (χ4v) is 5.16. The Morgan fingerprint density at radius 3 is 2.71 bits per heavy atom. The molecule has 10 heteroatoms. The number of ether oxygens (including phenoxy) is 3. The van der Waals surface area contributed by atoms with Crippen LogP contribution in [0.5, 0.6) is 5.75 Å². The zero-order valence-electron chi connectivity index (χ0n) is 19.9. The van der Waals surface area contributed by atoms with Crippen molar-refractivity contribution in [1.29, 1.82) is 0 Å². The molecule has 0 unspecified atom stereocenters. The van der Waals surface area contributed by atoms with Gasteiger partial charge in [-0.15, -0.1) is 17.3 Å². The molecule has 0 saturated carbocycles. The highest BCUT2D eigenvalue weighted by Gasteiger charge is 2.23. The topological polar surface area (TPSA) is 83.7 Å². The van der Waals surface area contributed by atoms with E-state index in [4.69, 9.17) is 14.2 Å². The third-order valence-corrected chi connectivity index (χ3v) is 6.97. The number of aromatic nitrogens is 2. The van der Waals surface area contributed by atoms with Gasteiger partial charge in [-0.1, -0.05) is 5.92 Å². The number of hydrogen-bond donors (Lipinski definition) is 1. The Balaban J connectivity index is 2.03. The van der Waals surface area contributed by atoms with E-state index in [9.17, 15) is 14.0 Å². The number of thiophene rings is 1. The minimum atomic E-state index is -0.620. The predicted molar refractivity (Wildman–Crippen MR) is 135 cm³/mol. The summed E-state index contributed by atoms with van der Waals surface area (Å²) in [5, 5.41) is 0.370. The van der Waals surface area contributed by atoms with Crippen LogP contribution in [0.1, 0.15) is 35.8 Å². The maximum atomic E-state index is 14.3. The molecule has 3 aromatic rings. The Hall–Kier alpha value is -3.55. The number of methoxy groups -OCH3 is 1. The van der Waals surface area contributed by atoms with Crippen LogP contribution in [0, 0.1) is 24.6 Å². The molecule has 1 saturated heterocycles. The van der Waals surface area contributed by atoms with Crippen LogP contribution in [0.4, 0.5) is 4.39 Å². The Morgan fingerprint density at radius 2 is 2.06 bits per heavy atom. The van der Waals surface area contributed by atoms with Crippen molar-refractivity contribution in [1.82, 2.24) is 9.24 Å². The molecular formula is C25H26FN3O5S. The Labute approximate surface area is 205 Å². The zero-order valence-corrected chi connectivity index (χ0v) is 20.8. The van der Waals surface area contributed by atoms with E-state index in [0.717, 1.165) is 4.68 Å². The monoisotopic (exact) mass is 499 g/mol. The van der Waals surface area contributed by atoms with Gasteiger partial charge in [-0.3, -0.25) is 9.36 Å². The van der Waals surface area contributed by atoms with Gasteiger partial charge < -0.3 is 19.6 Å². The molecule has 3 heterocycles. The second-order valence-corrected chi connectivity index (χ2v) is 8.89. The molecule has 0 amide bonds. The summed E-state index contributed by atoms with van der Waals surface area (Å²) in [7, 11) is 2.97. The van der Waals surface area contributed by atoms with E-state index in [2.05, 4.69) is 17.3 Å². The highest BCUT2D eigenvalue weighted by atomic mass is 32.1. The highest BCUT2D eigenvalue weighted by molar-refractivity contribution is 7.19. The van der Waals surface area contributed by atoms with Gasteiger partial charge in [0.05, 0.1) is 42.4 Å². The van der Waals surface area contributed by atoms with E-state index in [1.165, 1.54) is 54.5 Å². The largest absolute Gasteiger partial charge is 0.496 e. The first-order valence-corrected chi connectivity index (χ1v) is 11.9. The number of aryl methyl sites for hydroxylation is 1. The molecule has 0 atom stereocenters. The predicted octanol–water partition coefficient (Wildman–Crippen LogP) is 3.38. The zero-order chi connectivity index (χ0) is 25.1. The SMILES string of the molecule is CC#Cc1sc2c(c1C)c(=O)n(NC)c(=O)n2C=C(OC1CCOCC1)c1cc(F)ccc1OC. The molecule has 184 valence electrons. The van der Waals surface area contributed by atoms with Crippen LogP contribution >= 0.6 is 11.3 Å². The standard InChI is InChI=1S/C25H26FN3O5S/c1-5-6-21-15(2)22-23(30)29(27-3)25(31)28(24(22)35-21)14-20(34-17-9-11-33-12-10-17)18-13-16(26)7-8-19(18)32-4/h7-8,13-14,17,27H,9-12H2,1-4H3. The lowest BCUT2D eigenvalue weighted by molar-refractivity contribution is 0.0139. The first kappa shape index (κ1) is 24.6. The summed E-state index contributed by atoms with van der Waals surface area (Å²) < 4.78 is 33.8. The summed E-state index contributed by atoms with van der Waals surface area (Å²) >= 11 is 1.24. The molecule has 0 bridgehead atoms. The number of halogens is 1. The molecule has 1 fully saturated rings. The lowest BCUT2D eigenvalue weighted by Crippen LogP contribution is -2.42. The van der Waals surface area contributed by atoms with Crippen molar-refractivity contribution in [3.05, 3.63) is 60.9 Å². The number of hydrogen-bond acceptors (Lipinski definition) is 7. The molecule has 0 spiro atoms. The van der Waals surface area contributed by atoms with Gasteiger partial charge >= 0.3 is 5.69 Å². The quantitative estimate of drug-likeness (QED) is 0.414. The van der Waals surface area contributed by atoms with Crippen LogP contribution < -0.4 is 21.4 Å². The summed E-state index contributed by atoms with van der Waals surface area (Å²) in [4.78, 5) is 27.6. The summed E-state index contributed by atoms with van der Waals surface area (Å²) in [5.74, 6) is 6.00. The average Bonchev–Trinajstić information content (AvgIpc) is 3.18. The Morgan fingerprint density at radius 1 is 1.31 bits per heavy atom. The molecule has 0 radical (unpaired) electrons. The van der Waals surface area contributed by atoms with Gasteiger partial charge in [0.2, 0.25) is 0 Å². The van der Waals surface area contributed by atoms with Crippen molar-refractivity contribution in [2.75, 3.05) is 32.8 Å². The second-order valence-electron chi connectivity index (χ2n) is 7.90. The van der Waals surface area contributed by atoms with Crippen molar-refractivity contribution in [2.24, 2.45) is 0 Å². The first-order chi connectivity index (χ1) is 16.9. The fourth-order valence-electron chi connectivity index (χ4n) is 3.98. The molecule has 1 aliphatic rings. The van der Waals surface area contributed by atoms with Crippen LogP contribution in [0.2, 0.25) is 0 Å². The van der Waals surface area contributed by atoms with Crippen LogP contribution in [-0.2, 0) is 9.47 Å². The van der Waals surface area contributed by atoms with Crippen molar-refractivity contribution in [3.63, 3.8) is 0 Å². The van der Waals surface area contributed by atoms with Crippen molar-refractivity contribution >= 4 is 33.5 Å². The molecule has 35 heavy (non-hydrogen) atoms. The van der Waals surface area contributed by atoms with E-state index in [-0.39, 0.29) is 11.9 Å². The van der Waals surface area contributed by atoms with Gasteiger partial charge in [0, 0.05) is 19.9 Å². The molecule has 8 nitrogen and oxygen atoms in total. The number of nitrogens with zero attached hydrogens (tertiary/aromatic N) is 2. The van der Waals surface area contributed by atoms with Gasteiger partial charge in [-0.2, -0.15) is 4.68 Å². The molecule has 1 aromatic carbocycles. The van der Waals surface area contributed by atoms with Gasteiger partial charge in [-0.05, 0) is 37.6 Å². The number of benzene rings is 1. The van der Waals surface area contributed by atoms with Crippen LogP contribution in [0.25, 0.3) is 22.2 Å².